The number of carbonyl (C=O) groups is 1. The first-order valence-corrected chi connectivity index (χ1v) is 5.93. The van der Waals surface area contributed by atoms with Gasteiger partial charge in [-0.15, -0.1) is 0 Å². The SMILES string of the molecule is CCC(C(=O)O)n1c(N)nc2cc(C)c(C)cc21. The lowest BCUT2D eigenvalue weighted by molar-refractivity contribution is -0.140. The highest BCUT2D eigenvalue weighted by Crippen LogP contribution is 2.27. The van der Waals surface area contributed by atoms with Crippen LogP contribution in [0.2, 0.25) is 0 Å². The van der Waals surface area contributed by atoms with Gasteiger partial charge in [0.05, 0.1) is 11.0 Å². The summed E-state index contributed by atoms with van der Waals surface area (Å²) in [5, 5.41) is 9.25. The van der Waals surface area contributed by atoms with Crippen LogP contribution in [-0.2, 0) is 4.79 Å². The Kier molecular flexibility index (Phi) is 2.98. The van der Waals surface area contributed by atoms with Gasteiger partial charge in [-0.25, -0.2) is 9.78 Å². The molecule has 0 saturated heterocycles. The van der Waals surface area contributed by atoms with Crippen LogP contribution in [0.15, 0.2) is 12.1 Å². The van der Waals surface area contributed by atoms with Gasteiger partial charge in [0, 0.05) is 0 Å². The average molecular weight is 247 g/mol. The van der Waals surface area contributed by atoms with Gasteiger partial charge < -0.3 is 10.8 Å². The summed E-state index contributed by atoms with van der Waals surface area (Å²) in [5.74, 6) is -0.633. The van der Waals surface area contributed by atoms with E-state index in [2.05, 4.69) is 4.98 Å². The molecular formula is C13H17N3O2. The number of hydrogen-bond acceptors (Lipinski definition) is 3. The number of aryl methyl sites for hydroxylation is 2. The van der Waals surface area contributed by atoms with Crippen LogP contribution in [0, 0.1) is 13.8 Å². The largest absolute Gasteiger partial charge is 0.480 e. The fraction of sp³-hybridized carbons (Fsp3) is 0.385. The van der Waals surface area contributed by atoms with E-state index in [1.807, 2.05) is 32.9 Å². The number of aliphatic carboxylic acids is 1. The molecule has 0 spiro atoms. The van der Waals surface area contributed by atoms with E-state index < -0.39 is 12.0 Å². The molecule has 1 aromatic carbocycles. The predicted octanol–water partition coefficient (Wildman–Crippen LogP) is 2.27. The molecule has 5 heteroatoms. The van der Waals surface area contributed by atoms with Gasteiger partial charge in [-0.2, -0.15) is 0 Å². The van der Waals surface area contributed by atoms with E-state index in [4.69, 9.17) is 5.73 Å². The first kappa shape index (κ1) is 12.4. The van der Waals surface area contributed by atoms with E-state index >= 15 is 0 Å². The molecule has 2 rings (SSSR count). The maximum atomic E-state index is 11.3. The molecule has 0 fully saturated rings. The summed E-state index contributed by atoms with van der Waals surface area (Å²) < 4.78 is 1.60. The maximum absolute atomic E-state index is 11.3. The Balaban J connectivity index is 2.73. The van der Waals surface area contributed by atoms with E-state index in [0.29, 0.717) is 6.42 Å². The number of aromatic nitrogens is 2. The lowest BCUT2D eigenvalue weighted by Gasteiger charge is -2.14. The van der Waals surface area contributed by atoms with Crippen LogP contribution in [0.1, 0.15) is 30.5 Å². The average Bonchev–Trinajstić information content (AvgIpc) is 2.57. The Labute approximate surface area is 105 Å². The normalized spacial score (nSPS) is 12.8. The van der Waals surface area contributed by atoms with Crippen LogP contribution >= 0.6 is 0 Å². The molecule has 3 N–H and O–H groups in total. The number of hydrogen-bond donors (Lipinski definition) is 2. The standard InChI is InChI=1S/C13H17N3O2/c1-4-10(12(17)18)16-11-6-8(3)7(2)5-9(11)15-13(16)14/h5-6,10H,4H2,1-3H3,(H2,14,15)(H,17,18). The quantitative estimate of drug-likeness (QED) is 0.871. The molecule has 5 nitrogen and oxygen atoms in total. The summed E-state index contributed by atoms with van der Waals surface area (Å²) in [6.07, 6.45) is 0.470. The van der Waals surface area contributed by atoms with E-state index in [9.17, 15) is 9.90 Å². The lowest BCUT2D eigenvalue weighted by Crippen LogP contribution is -2.19. The van der Waals surface area contributed by atoms with Crippen LogP contribution in [0.25, 0.3) is 11.0 Å². The second kappa shape index (κ2) is 4.33. The van der Waals surface area contributed by atoms with Gasteiger partial charge in [0.25, 0.3) is 0 Å². The number of anilines is 1. The van der Waals surface area contributed by atoms with Crippen molar-refractivity contribution < 1.29 is 9.90 Å². The minimum atomic E-state index is -0.887. The van der Waals surface area contributed by atoms with Crippen molar-refractivity contribution in [3.63, 3.8) is 0 Å². The Morgan fingerprint density at radius 1 is 1.44 bits per heavy atom. The van der Waals surface area contributed by atoms with E-state index in [0.717, 1.165) is 22.2 Å². The maximum Gasteiger partial charge on any atom is 0.326 e. The second-order valence-corrected chi connectivity index (χ2v) is 4.53. The third-order valence-corrected chi connectivity index (χ3v) is 3.32. The van der Waals surface area contributed by atoms with Crippen molar-refractivity contribution in [3.8, 4) is 0 Å². The van der Waals surface area contributed by atoms with Gasteiger partial charge in [0.15, 0.2) is 0 Å². The van der Waals surface area contributed by atoms with Crippen LogP contribution in [0.4, 0.5) is 5.95 Å². The van der Waals surface area contributed by atoms with Gasteiger partial charge in [-0.1, -0.05) is 6.92 Å². The fourth-order valence-corrected chi connectivity index (χ4v) is 2.16. The number of carboxylic acid groups (broad SMARTS) is 1. The Morgan fingerprint density at radius 3 is 2.61 bits per heavy atom. The Bertz CT molecular complexity index is 616. The summed E-state index contributed by atoms with van der Waals surface area (Å²) >= 11 is 0. The number of benzene rings is 1. The number of carboxylic acids is 1. The number of rotatable bonds is 3. The molecule has 96 valence electrons. The zero-order chi connectivity index (χ0) is 13.4. The van der Waals surface area contributed by atoms with Crippen molar-refractivity contribution in [2.24, 2.45) is 0 Å². The summed E-state index contributed by atoms with van der Waals surface area (Å²) in [6.45, 7) is 5.81. The zero-order valence-electron chi connectivity index (χ0n) is 10.8. The lowest BCUT2D eigenvalue weighted by atomic mass is 10.1. The third kappa shape index (κ3) is 1.81. The van der Waals surface area contributed by atoms with Gasteiger partial charge in [-0.3, -0.25) is 4.57 Å². The minimum Gasteiger partial charge on any atom is -0.480 e. The molecule has 0 aliphatic rings. The van der Waals surface area contributed by atoms with E-state index in [1.54, 1.807) is 4.57 Å². The third-order valence-electron chi connectivity index (χ3n) is 3.32. The highest BCUT2D eigenvalue weighted by atomic mass is 16.4. The molecule has 1 aromatic heterocycles. The fourth-order valence-electron chi connectivity index (χ4n) is 2.16. The number of nitrogens with two attached hydrogens (primary N) is 1. The van der Waals surface area contributed by atoms with Crippen LogP contribution in [-0.4, -0.2) is 20.6 Å². The van der Waals surface area contributed by atoms with Gasteiger partial charge in [0.1, 0.15) is 6.04 Å². The highest BCUT2D eigenvalue weighted by Gasteiger charge is 2.22. The second-order valence-electron chi connectivity index (χ2n) is 4.53. The van der Waals surface area contributed by atoms with Crippen molar-refractivity contribution in [2.45, 2.75) is 33.2 Å². The highest BCUT2D eigenvalue weighted by molar-refractivity contribution is 5.83. The predicted molar refractivity (Wildman–Crippen MR) is 70.6 cm³/mol. The van der Waals surface area contributed by atoms with Gasteiger partial charge >= 0.3 is 5.97 Å². The zero-order valence-corrected chi connectivity index (χ0v) is 10.8. The van der Waals surface area contributed by atoms with Crippen LogP contribution < -0.4 is 5.73 Å². The van der Waals surface area contributed by atoms with Crippen molar-refractivity contribution in [1.82, 2.24) is 9.55 Å². The molecule has 18 heavy (non-hydrogen) atoms. The first-order valence-electron chi connectivity index (χ1n) is 5.93. The van der Waals surface area contributed by atoms with Gasteiger partial charge in [0.2, 0.25) is 5.95 Å². The monoisotopic (exact) mass is 247 g/mol. The van der Waals surface area contributed by atoms with E-state index in [1.165, 1.54) is 0 Å². The van der Waals surface area contributed by atoms with Crippen LogP contribution in [0.3, 0.4) is 0 Å². The summed E-state index contributed by atoms with van der Waals surface area (Å²) in [6, 6.07) is 3.21. The molecule has 0 aliphatic carbocycles. The smallest absolute Gasteiger partial charge is 0.326 e. The molecule has 1 heterocycles. The molecule has 1 unspecified atom stereocenters. The molecule has 0 amide bonds. The van der Waals surface area contributed by atoms with E-state index in [-0.39, 0.29) is 5.95 Å². The number of nitrogens with zero attached hydrogens (tertiary/aromatic N) is 2. The summed E-state index contributed by atoms with van der Waals surface area (Å²) in [5.41, 5.74) is 9.61. The molecule has 0 saturated carbocycles. The van der Waals surface area contributed by atoms with Crippen molar-refractivity contribution >= 4 is 23.0 Å². The molecule has 0 radical (unpaired) electrons. The molecule has 2 aromatic rings. The molecule has 0 bridgehead atoms. The summed E-state index contributed by atoms with van der Waals surface area (Å²) in [4.78, 5) is 15.5. The number of fused-ring (bicyclic) bond motifs is 1. The Hall–Kier alpha value is -2.04. The number of imidazole rings is 1. The Morgan fingerprint density at radius 2 is 2.06 bits per heavy atom. The van der Waals surface area contributed by atoms with Crippen molar-refractivity contribution in [3.05, 3.63) is 23.3 Å². The first-order chi connectivity index (χ1) is 8.45. The topological polar surface area (TPSA) is 81.1 Å². The molecular weight excluding hydrogens is 230 g/mol. The van der Waals surface area contributed by atoms with Crippen molar-refractivity contribution in [2.75, 3.05) is 5.73 Å². The van der Waals surface area contributed by atoms with Gasteiger partial charge in [-0.05, 0) is 43.5 Å². The summed E-state index contributed by atoms with van der Waals surface area (Å²) in [7, 11) is 0. The van der Waals surface area contributed by atoms with Crippen molar-refractivity contribution in [1.29, 1.82) is 0 Å². The minimum absolute atomic E-state index is 0.254. The molecule has 1 atom stereocenters. The molecule has 0 aliphatic heterocycles. The van der Waals surface area contributed by atoms with Crippen LogP contribution in [0.5, 0.6) is 0 Å². The number of nitrogen functional groups attached to an aromatic ring is 1.